The van der Waals surface area contributed by atoms with Crippen molar-refractivity contribution in [3.8, 4) is 39.1 Å². The second kappa shape index (κ2) is 10.4. The summed E-state index contributed by atoms with van der Waals surface area (Å²) in [6, 6.07) is 54.7. The Morgan fingerprint density at radius 3 is 1.65 bits per heavy atom. The van der Waals surface area contributed by atoms with Gasteiger partial charge < -0.3 is 0 Å². The van der Waals surface area contributed by atoms with Gasteiger partial charge in [-0.2, -0.15) is 0 Å². The molecule has 2 nitrogen and oxygen atoms in total. The first-order valence-corrected chi connectivity index (χ1v) is 15.0. The zero-order valence-electron chi connectivity index (χ0n) is 24.0. The van der Waals surface area contributed by atoms with Crippen LogP contribution in [0.4, 0.5) is 0 Å². The fraction of sp³-hybridized carbons (Fsp3) is 0.0488. The first kappa shape index (κ1) is 25.3. The van der Waals surface area contributed by atoms with Gasteiger partial charge >= 0.3 is 0 Å². The smallest absolute Gasteiger partial charge is 0.114 e. The lowest BCUT2D eigenvalue weighted by Crippen LogP contribution is -2.00. The Kier molecular flexibility index (Phi) is 6.12. The van der Waals surface area contributed by atoms with E-state index in [1.165, 1.54) is 54.9 Å². The molecule has 0 aliphatic carbocycles. The van der Waals surface area contributed by atoms with Crippen LogP contribution in [0, 0.1) is 0 Å². The van der Waals surface area contributed by atoms with Crippen LogP contribution in [0.25, 0.3) is 71.6 Å². The average Bonchev–Trinajstić information content (AvgIpc) is 3.46. The first-order valence-electron chi connectivity index (χ1n) is 15.0. The number of aryl methyl sites for hydroxylation is 1. The summed E-state index contributed by atoms with van der Waals surface area (Å²) in [4.78, 5) is 4.90. The van der Waals surface area contributed by atoms with E-state index in [9.17, 15) is 0 Å². The lowest BCUT2D eigenvalue weighted by Gasteiger charge is -2.20. The summed E-state index contributed by atoms with van der Waals surface area (Å²) in [7, 11) is 0. The molecule has 0 amide bonds. The van der Waals surface area contributed by atoms with Gasteiger partial charge in [0.05, 0.1) is 11.0 Å². The lowest BCUT2D eigenvalue weighted by molar-refractivity contribution is 0.908. The zero-order chi connectivity index (χ0) is 28.8. The van der Waals surface area contributed by atoms with Crippen LogP contribution in [0.5, 0.6) is 0 Å². The summed E-state index contributed by atoms with van der Waals surface area (Å²) in [5.41, 5.74) is 10.8. The number of imidazole rings is 1. The van der Waals surface area contributed by atoms with Gasteiger partial charge in [0.25, 0.3) is 0 Å². The van der Waals surface area contributed by atoms with E-state index >= 15 is 0 Å². The molecule has 0 atom stereocenters. The maximum absolute atomic E-state index is 4.90. The third-order valence-electron chi connectivity index (χ3n) is 8.57. The highest BCUT2D eigenvalue weighted by Crippen LogP contribution is 2.46. The number of benzene rings is 7. The van der Waals surface area contributed by atoms with E-state index in [1.807, 2.05) is 0 Å². The van der Waals surface area contributed by atoms with E-state index in [4.69, 9.17) is 4.98 Å². The maximum Gasteiger partial charge on any atom is 0.114 e. The Labute approximate surface area is 251 Å². The summed E-state index contributed by atoms with van der Waals surface area (Å²) in [6.07, 6.45) is 0.873. The number of aromatic nitrogens is 2. The average molecular weight is 551 g/mol. The van der Waals surface area contributed by atoms with Gasteiger partial charge in [0, 0.05) is 12.1 Å². The van der Waals surface area contributed by atoms with Crippen molar-refractivity contribution < 1.29 is 0 Å². The molecule has 43 heavy (non-hydrogen) atoms. The summed E-state index contributed by atoms with van der Waals surface area (Å²) >= 11 is 0. The predicted octanol–water partition coefficient (Wildman–Crippen LogP) is 10.9. The fourth-order valence-electron chi connectivity index (χ4n) is 6.68. The zero-order valence-corrected chi connectivity index (χ0v) is 24.0. The van der Waals surface area contributed by atoms with Gasteiger partial charge in [-0.05, 0) is 79.2 Å². The minimum atomic E-state index is 0.873. The fourth-order valence-corrected chi connectivity index (χ4v) is 6.68. The highest BCUT2D eigenvalue weighted by atomic mass is 15.1. The highest BCUT2D eigenvalue weighted by Gasteiger charge is 2.19. The molecule has 0 spiro atoms. The van der Waals surface area contributed by atoms with Crippen molar-refractivity contribution in [2.45, 2.75) is 13.3 Å². The van der Waals surface area contributed by atoms with Gasteiger partial charge in [0.2, 0.25) is 0 Å². The summed E-state index contributed by atoms with van der Waals surface area (Å²) in [5, 5.41) is 5.04. The first-order chi connectivity index (χ1) is 21.3. The summed E-state index contributed by atoms with van der Waals surface area (Å²) in [5.74, 6) is 1.08. The Bertz CT molecular complexity index is 2200. The molecular weight excluding hydrogens is 520 g/mol. The SMILES string of the molecule is CCc1nc2ccccc2n1-c1ccc(-c2c3ccccc3c(-c3ccccc3-c3ccccc3)c3ccccc23)cc1. The molecule has 0 bridgehead atoms. The predicted molar refractivity (Wildman–Crippen MR) is 182 cm³/mol. The molecule has 204 valence electrons. The number of rotatable bonds is 5. The van der Waals surface area contributed by atoms with Crippen molar-refractivity contribution >= 4 is 32.6 Å². The second-order valence-electron chi connectivity index (χ2n) is 11.0. The van der Waals surface area contributed by atoms with Gasteiger partial charge in [-0.3, -0.25) is 4.57 Å². The van der Waals surface area contributed by atoms with E-state index in [-0.39, 0.29) is 0 Å². The number of nitrogens with zero attached hydrogens (tertiary/aromatic N) is 2. The van der Waals surface area contributed by atoms with E-state index in [2.05, 4.69) is 163 Å². The Morgan fingerprint density at radius 2 is 1.00 bits per heavy atom. The van der Waals surface area contributed by atoms with Gasteiger partial charge in [-0.1, -0.05) is 134 Å². The topological polar surface area (TPSA) is 17.8 Å². The Balaban J connectivity index is 1.37. The monoisotopic (exact) mass is 550 g/mol. The molecule has 2 heteroatoms. The van der Waals surface area contributed by atoms with Crippen molar-refractivity contribution in [3.05, 3.63) is 157 Å². The van der Waals surface area contributed by atoms with Crippen LogP contribution in [0.1, 0.15) is 12.7 Å². The maximum atomic E-state index is 4.90. The molecule has 0 N–H and O–H groups in total. The third-order valence-corrected chi connectivity index (χ3v) is 8.57. The highest BCUT2D eigenvalue weighted by molar-refractivity contribution is 6.22. The van der Waals surface area contributed by atoms with Crippen molar-refractivity contribution in [3.63, 3.8) is 0 Å². The molecule has 1 aromatic heterocycles. The molecular formula is C41H30N2. The van der Waals surface area contributed by atoms with Crippen molar-refractivity contribution in [1.82, 2.24) is 9.55 Å². The summed E-state index contributed by atoms with van der Waals surface area (Å²) in [6.45, 7) is 2.17. The molecule has 7 aromatic carbocycles. The second-order valence-corrected chi connectivity index (χ2v) is 11.0. The normalized spacial score (nSPS) is 11.5. The largest absolute Gasteiger partial charge is 0.296 e. The molecule has 1 heterocycles. The molecule has 8 rings (SSSR count). The lowest BCUT2D eigenvalue weighted by atomic mass is 9.84. The molecule has 8 aromatic rings. The number of fused-ring (bicyclic) bond motifs is 3. The van der Waals surface area contributed by atoms with Crippen molar-refractivity contribution in [2.24, 2.45) is 0 Å². The van der Waals surface area contributed by atoms with Crippen LogP contribution in [-0.4, -0.2) is 9.55 Å². The van der Waals surface area contributed by atoms with Crippen LogP contribution in [0.3, 0.4) is 0 Å². The van der Waals surface area contributed by atoms with Gasteiger partial charge in [0.1, 0.15) is 5.82 Å². The number of hydrogen-bond donors (Lipinski definition) is 0. The van der Waals surface area contributed by atoms with Gasteiger partial charge in [-0.15, -0.1) is 0 Å². The molecule has 0 unspecified atom stereocenters. The van der Waals surface area contributed by atoms with E-state index in [0.717, 1.165) is 29.0 Å². The van der Waals surface area contributed by atoms with Crippen molar-refractivity contribution in [2.75, 3.05) is 0 Å². The molecule has 0 aliphatic heterocycles. The third kappa shape index (κ3) is 4.14. The number of hydrogen-bond acceptors (Lipinski definition) is 1. The van der Waals surface area contributed by atoms with E-state index < -0.39 is 0 Å². The number of para-hydroxylation sites is 2. The summed E-state index contributed by atoms with van der Waals surface area (Å²) < 4.78 is 2.29. The Morgan fingerprint density at radius 1 is 0.465 bits per heavy atom. The van der Waals surface area contributed by atoms with Gasteiger partial charge in [-0.25, -0.2) is 4.98 Å². The Hall–Kier alpha value is -5.47. The minimum absolute atomic E-state index is 0.873. The molecule has 0 radical (unpaired) electrons. The molecule has 0 saturated carbocycles. The van der Waals surface area contributed by atoms with Crippen LogP contribution >= 0.6 is 0 Å². The van der Waals surface area contributed by atoms with Crippen LogP contribution in [0.15, 0.2) is 152 Å². The van der Waals surface area contributed by atoms with E-state index in [1.54, 1.807) is 0 Å². The molecule has 0 fully saturated rings. The molecule has 0 saturated heterocycles. The van der Waals surface area contributed by atoms with Gasteiger partial charge in [0.15, 0.2) is 0 Å². The standard InChI is InChI=1S/C41H30N2/c1-2-39-42-37-22-12-13-23-38(37)43(39)30-26-24-29(25-27-30)40-33-18-8-10-20-35(33)41(36-21-11-9-19-34(36)40)32-17-7-6-16-31(32)28-14-4-3-5-15-28/h3-27H,2H2,1H3. The minimum Gasteiger partial charge on any atom is -0.296 e. The van der Waals surface area contributed by atoms with Crippen LogP contribution in [-0.2, 0) is 6.42 Å². The molecule has 0 aliphatic rings. The van der Waals surface area contributed by atoms with Crippen LogP contribution in [0.2, 0.25) is 0 Å². The van der Waals surface area contributed by atoms with Crippen LogP contribution < -0.4 is 0 Å². The quantitative estimate of drug-likeness (QED) is 0.195. The van der Waals surface area contributed by atoms with Crippen molar-refractivity contribution in [1.29, 1.82) is 0 Å². The van der Waals surface area contributed by atoms with E-state index in [0.29, 0.717) is 0 Å².